The maximum Gasteiger partial charge on any atom is 0.314 e. The smallest absolute Gasteiger partial charge is 0.314 e. The summed E-state index contributed by atoms with van der Waals surface area (Å²) in [6.07, 6.45) is 2.19. The van der Waals surface area contributed by atoms with Crippen molar-refractivity contribution in [3.05, 3.63) is 23.8 Å². The van der Waals surface area contributed by atoms with Crippen LogP contribution >= 0.6 is 0 Å². The molecular formula is C13H14O4. The number of hydrogen-bond donors (Lipinski definition) is 1. The normalized spacial score (nSPS) is 20.5. The highest BCUT2D eigenvalue weighted by molar-refractivity contribution is 5.86. The van der Waals surface area contributed by atoms with Crippen molar-refractivity contribution in [3.63, 3.8) is 0 Å². The first kappa shape index (κ1) is 10.4. The van der Waals surface area contributed by atoms with Crippen molar-refractivity contribution in [1.29, 1.82) is 0 Å². The molecular weight excluding hydrogens is 220 g/mol. The molecule has 90 valence electrons. The van der Waals surface area contributed by atoms with Crippen molar-refractivity contribution in [2.75, 3.05) is 13.2 Å². The van der Waals surface area contributed by atoms with Gasteiger partial charge >= 0.3 is 5.97 Å². The monoisotopic (exact) mass is 234 g/mol. The molecule has 4 heteroatoms. The third-order valence-electron chi connectivity index (χ3n) is 3.45. The SMILES string of the molecule is O=C(O)C1(c2cccc3c2OCCCO3)CC1. The fourth-order valence-corrected chi connectivity index (χ4v) is 2.29. The van der Waals surface area contributed by atoms with Gasteiger partial charge in [0.05, 0.1) is 18.6 Å². The summed E-state index contributed by atoms with van der Waals surface area (Å²) in [5.41, 5.74) is 0.0309. The molecule has 0 bridgehead atoms. The lowest BCUT2D eigenvalue weighted by atomic mass is 9.95. The Bertz CT molecular complexity index is 462. The van der Waals surface area contributed by atoms with E-state index >= 15 is 0 Å². The van der Waals surface area contributed by atoms with Gasteiger partial charge in [0.25, 0.3) is 0 Å². The molecule has 1 fully saturated rings. The maximum absolute atomic E-state index is 11.4. The minimum atomic E-state index is -0.765. The fraction of sp³-hybridized carbons (Fsp3) is 0.462. The first-order chi connectivity index (χ1) is 8.24. The predicted molar refractivity (Wildman–Crippen MR) is 60.6 cm³/mol. The van der Waals surface area contributed by atoms with Crippen LogP contribution in [0.15, 0.2) is 18.2 Å². The van der Waals surface area contributed by atoms with Gasteiger partial charge in [-0.2, -0.15) is 0 Å². The Morgan fingerprint density at radius 3 is 2.71 bits per heavy atom. The van der Waals surface area contributed by atoms with Gasteiger partial charge in [0.2, 0.25) is 0 Å². The summed E-state index contributed by atoms with van der Waals surface area (Å²) in [5.74, 6) is 0.538. The van der Waals surface area contributed by atoms with Gasteiger partial charge in [-0.1, -0.05) is 12.1 Å². The Labute approximate surface area is 99.2 Å². The molecule has 0 amide bonds. The summed E-state index contributed by atoms with van der Waals surface area (Å²) in [7, 11) is 0. The highest BCUT2D eigenvalue weighted by atomic mass is 16.5. The molecule has 1 aromatic carbocycles. The van der Waals surface area contributed by atoms with E-state index in [1.807, 2.05) is 18.2 Å². The average Bonchev–Trinajstić information content (AvgIpc) is 3.13. The van der Waals surface area contributed by atoms with Crippen LogP contribution in [0, 0.1) is 0 Å². The van der Waals surface area contributed by atoms with Crippen molar-refractivity contribution in [2.45, 2.75) is 24.7 Å². The number of rotatable bonds is 2. The summed E-state index contributed by atoms with van der Waals surface area (Å²) in [6, 6.07) is 5.52. The molecule has 1 aliphatic heterocycles. The van der Waals surface area contributed by atoms with Gasteiger partial charge in [-0.25, -0.2) is 0 Å². The van der Waals surface area contributed by atoms with Crippen LogP contribution in [0.2, 0.25) is 0 Å². The highest BCUT2D eigenvalue weighted by Gasteiger charge is 2.53. The molecule has 1 aliphatic carbocycles. The molecule has 0 aromatic heterocycles. The molecule has 1 saturated carbocycles. The van der Waals surface area contributed by atoms with Crippen molar-refractivity contribution >= 4 is 5.97 Å². The molecule has 1 N–H and O–H groups in total. The van der Waals surface area contributed by atoms with E-state index in [1.165, 1.54) is 0 Å². The van der Waals surface area contributed by atoms with Crippen LogP contribution in [-0.4, -0.2) is 24.3 Å². The first-order valence-electron chi connectivity index (χ1n) is 5.86. The van der Waals surface area contributed by atoms with Crippen LogP contribution in [0.3, 0.4) is 0 Å². The zero-order chi connectivity index (χ0) is 11.9. The maximum atomic E-state index is 11.4. The Morgan fingerprint density at radius 1 is 1.24 bits per heavy atom. The molecule has 1 aromatic rings. The second kappa shape index (κ2) is 3.65. The lowest BCUT2D eigenvalue weighted by Gasteiger charge is -2.16. The number of carbonyl (C=O) groups is 1. The summed E-state index contributed by atoms with van der Waals surface area (Å²) in [6.45, 7) is 1.20. The quantitative estimate of drug-likeness (QED) is 0.849. The summed E-state index contributed by atoms with van der Waals surface area (Å²) in [5, 5.41) is 9.33. The molecule has 1 heterocycles. The van der Waals surface area contributed by atoms with E-state index in [1.54, 1.807) is 0 Å². The first-order valence-corrected chi connectivity index (χ1v) is 5.86. The van der Waals surface area contributed by atoms with E-state index in [4.69, 9.17) is 9.47 Å². The van der Waals surface area contributed by atoms with Crippen molar-refractivity contribution in [2.24, 2.45) is 0 Å². The molecule has 0 radical (unpaired) electrons. The van der Waals surface area contributed by atoms with E-state index in [-0.39, 0.29) is 0 Å². The van der Waals surface area contributed by atoms with E-state index in [9.17, 15) is 9.90 Å². The number of fused-ring (bicyclic) bond motifs is 1. The molecule has 0 atom stereocenters. The number of para-hydroxylation sites is 1. The van der Waals surface area contributed by atoms with Crippen LogP contribution in [0.1, 0.15) is 24.8 Å². The minimum Gasteiger partial charge on any atom is -0.490 e. The number of carboxylic acid groups (broad SMARTS) is 1. The van der Waals surface area contributed by atoms with Crippen molar-refractivity contribution in [1.82, 2.24) is 0 Å². The standard InChI is InChI=1S/C13H14O4/c14-12(15)13(5-6-13)9-3-1-4-10-11(9)17-8-2-7-16-10/h1,3-4H,2,5-8H2,(H,14,15). The summed E-state index contributed by atoms with van der Waals surface area (Å²) in [4.78, 5) is 11.4. The van der Waals surface area contributed by atoms with Gasteiger partial charge in [-0.05, 0) is 18.9 Å². The molecule has 2 aliphatic rings. The molecule has 0 saturated heterocycles. The summed E-state index contributed by atoms with van der Waals surface area (Å²) >= 11 is 0. The minimum absolute atomic E-state index is 0.583. The van der Waals surface area contributed by atoms with E-state index in [2.05, 4.69) is 0 Å². The Kier molecular flexibility index (Phi) is 2.24. The molecule has 0 spiro atoms. The number of ether oxygens (including phenoxy) is 2. The Hall–Kier alpha value is -1.71. The number of benzene rings is 1. The summed E-state index contributed by atoms with van der Waals surface area (Å²) < 4.78 is 11.2. The zero-order valence-corrected chi connectivity index (χ0v) is 9.44. The molecule has 0 unspecified atom stereocenters. The van der Waals surface area contributed by atoms with Crippen molar-refractivity contribution in [3.8, 4) is 11.5 Å². The third-order valence-corrected chi connectivity index (χ3v) is 3.45. The number of hydrogen-bond acceptors (Lipinski definition) is 3. The fourth-order valence-electron chi connectivity index (χ4n) is 2.29. The Balaban J connectivity index is 2.09. The van der Waals surface area contributed by atoms with Crippen LogP contribution < -0.4 is 9.47 Å². The highest BCUT2D eigenvalue weighted by Crippen LogP contribution is 2.53. The lowest BCUT2D eigenvalue weighted by molar-refractivity contribution is -0.140. The number of aliphatic carboxylic acids is 1. The van der Waals surface area contributed by atoms with Gasteiger partial charge in [-0.3, -0.25) is 4.79 Å². The topological polar surface area (TPSA) is 55.8 Å². The van der Waals surface area contributed by atoms with Crippen LogP contribution in [0.5, 0.6) is 11.5 Å². The van der Waals surface area contributed by atoms with E-state index in [0.29, 0.717) is 37.6 Å². The molecule has 3 rings (SSSR count). The van der Waals surface area contributed by atoms with Gasteiger partial charge in [0, 0.05) is 12.0 Å². The average molecular weight is 234 g/mol. The second-order valence-corrected chi connectivity index (χ2v) is 4.57. The second-order valence-electron chi connectivity index (χ2n) is 4.57. The largest absolute Gasteiger partial charge is 0.490 e. The third kappa shape index (κ3) is 1.55. The van der Waals surface area contributed by atoms with E-state index < -0.39 is 11.4 Å². The van der Waals surface area contributed by atoms with Gasteiger partial charge in [0.1, 0.15) is 0 Å². The Morgan fingerprint density at radius 2 is 2.00 bits per heavy atom. The molecule has 17 heavy (non-hydrogen) atoms. The van der Waals surface area contributed by atoms with Crippen molar-refractivity contribution < 1.29 is 19.4 Å². The molecule has 4 nitrogen and oxygen atoms in total. The number of carboxylic acids is 1. The van der Waals surface area contributed by atoms with Crippen LogP contribution in [-0.2, 0) is 10.2 Å². The van der Waals surface area contributed by atoms with Gasteiger partial charge in [0.15, 0.2) is 11.5 Å². The van der Waals surface area contributed by atoms with Crippen LogP contribution in [0.25, 0.3) is 0 Å². The van der Waals surface area contributed by atoms with Crippen LogP contribution in [0.4, 0.5) is 0 Å². The lowest BCUT2D eigenvalue weighted by Crippen LogP contribution is -2.20. The predicted octanol–water partition coefficient (Wildman–Crippen LogP) is 1.96. The zero-order valence-electron chi connectivity index (χ0n) is 9.44. The van der Waals surface area contributed by atoms with Gasteiger partial charge < -0.3 is 14.6 Å². The van der Waals surface area contributed by atoms with E-state index in [0.717, 1.165) is 12.0 Å². The van der Waals surface area contributed by atoms with Gasteiger partial charge in [-0.15, -0.1) is 0 Å².